The molecule has 1 aliphatic carbocycles. The lowest BCUT2D eigenvalue weighted by Crippen LogP contribution is -2.41. The minimum atomic E-state index is -0.467. The first-order valence-corrected chi connectivity index (χ1v) is 6.89. The van der Waals surface area contributed by atoms with Crippen molar-refractivity contribution in [3.63, 3.8) is 0 Å². The summed E-state index contributed by atoms with van der Waals surface area (Å²) in [5.74, 6) is 0.0622. The van der Waals surface area contributed by atoms with Crippen LogP contribution >= 0.6 is 0 Å². The molecule has 96 valence electrons. The van der Waals surface area contributed by atoms with Crippen LogP contribution in [0.15, 0.2) is 0 Å². The molecule has 0 saturated heterocycles. The summed E-state index contributed by atoms with van der Waals surface area (Å²) in [4.78, 5) is 11.9. The summed E-state index contributed by atoms with van der Waals surface area (Å²) in [7, 11) is 0. The molecular formula is C14H24N2O. The summed E-state index contributed by atoms with van der Waals surface area (Å²) in [5.41, 5.74) is 0. The molecule has 0 aliphatic heterocycles. The van der Waals surface area contributed by atoms with Gasteiger partial charge in [-0.2, -0.15) is 5.26 Å². The van der Waals surface area contributed by atoms with Crippen molar-refractivity contribution in [3.8, 4) is 6.07 Å². The average molecular weight is 236 g/mol. The maximum Gasteiger partial charge on any atom is 0.237 e. The molecule has 0 bridgehead atoms. The number of amides is 1. The summed E-state index contributed by atoms with van der Waals surface area (Å²) in [5, 5.41) is 12.0. The molecule has 0 aromatic rings. The van der Waals surface area contributed by atoms with Gasteiger partial charge in [-0.3, -0.25) is 4.79 Å². The minimum Gasteiger partial charge on any atom is -0.352 e. The van der Waals surface area contributed by atoms with E-state index in [0.717, 1.165) is 6.42 Å². The normalized spacial score (nSPS) is 20.3. The summed E-state index contributed by atoms with van der Waals surface area (Å²) in [6.45, 7) is 4.08. The highest BCUT2D eigenvalue weighted by Crippen LogP contribution is 2.26. The second kappa shape index (κ2) is 7.32. The minimum absolute atomic E-state index is 0.0765. The third kappa shape index (κ3) is 4.38. The van der Waals surface area contributed by atoms with E-state index in [1.54, 1.807) is 0 Å². The van der Waals surface area contributed by atoms with E-state index < -0.39 is 5.92 Å². The molecule has 1 amide bonds. The van der Waals surface area contributed by atoms with Crippen LogP contribution in [0.4, 0.5) is 0 Å². The second-order valence-electron chi connectivity index (χ2n) is 5.17. The Kier molecular flexibility index (Phi) is 6.04. The fraction of sp³-hybridized carbons (Fsp3) is 0.857. The van der Waals surface area contributed by atoms with Gasteiger partial charge in [0, 0.05) is 6.04 Å². The molecule has 0 spiro atoms. The third-order valence-electron chi connectivity index (χ3n) is 3.78. The SMILES string of the molecule is CCCC(C#N)C(=O)NC(C)C1CCCCC1. The van der Waals surface area contributed by atoms with Gasteiger partial charge in [0.15, 0.2) is 0 Å². The molecule has 3 nitrogen and oxygen atoms in total. The highest BCUT2D eigenvalue weighted by Gasteiger charge is 2.24. The molecule has 17 heavy (non-hydrogen) atoms. The first-order chi connectivity index (χ1) is 8.19. The van der Waals surface area contributed by atoms with Crippen LogP contribution in [0, 0.1) is 23.2 Å². The van der Waals surface area contributed by atoms with Gasteiger partial charge in [-0.05, 0) is 32.1 Å². The zero-order valence-corrected chi connectivity index (χ0v) is 11.0. The fourth-order valence-electron chi connectivity index (χ4n) is 2.62. The highest BCUT2D eigenvalue weighted by molar-refractivity contribution is 5.81. The predicted octanol–water partition coefficient (Wildman–Crippen LogP) is 3.01. The van der Waals surface area contributed by atoms with Crippen molar-refractivity contribution < 1.29 is 4.79 Å². The monoisotopic (exact) mass is 236 g/mol. The van der Waals surface area contributed by atoms with Gasteiger partial charge < -0.3 is 5.32 Å². The maximum atomic E-state index is 11.9. The number of carbonyl (C=O) groups is 1. The van der Waals surface area contributed by atoms with E-state index in [4.69, 9.17) is 5.26 Å². The van der Waals surface area contributed by atoms with Crippen LogP contribution in [0.1, 0.15) is 58.8 Å². The van der Waals surface area contributed by atoms with Crippen LogP contribution in [-0.2, 0) is 4.79 Å². The van der Waals surface area contributed by atoms with Crippen molar-refractivity contribution in [1.82, 2.24) is 5.32 Å². The predicted molar refractivity (Wildman–Crippen MR) is 68.2 cm³/mol. The Morgan fingerprint density at radius 1 is 1.41 bits per heavy atom. The Morgan fingerprint density at radius 2 is 2.06 bits per heavy atom. The van der Waals surface area contributed by atoms with E-state index in [0.29, 0.717) is 12.3 Å². The number of nitrogens with one attached hydrogen (secondary N) is 1. The van der Waals surface area contributed by atoms with E-state index in [9.17, 15) is 4.79 Å². The van der Waals surface area contributed by atoms with E-state index in [2.05, 4.69) is 18.3 Å². The first-order valence-electron chi connectivity index (χ1n) is 6.89. The number of rotatable bonds is 5. The van der Waals surface area contributed by atoms with Gasteiger partial charge in [0.05, 0.1) is 6.07 Å². The van der Waals surface area contributed by atoms with Gasteiger partial charge >= 0.3 is 0 Å². The molecule has 0 radical (unpaired) electrons. The zero-order chi connectivity index (χ0) is 12.7. The quantitative estimate of drug-likeness (QED) is 0.797. The molecule has 0 aromatic carbocycles. The van der Waals surface area contributed by atoms with Gasteiger partial charge in [-0.1, -0.05) is 32.6 Å². The molecular weight excluding hydrogens is 212 g/mol. The van der Waals surface area contributed by atoms with Crippen LogP contribution < -0.4 is 5.32 Å². The zero-order valence-electron chi connectivity index (χ0n) is 11.0. The van der Waals surface area contributed by atoms with Crippen LogP contribution in [0.3, 0.4) is 0 Å². The molecule has 1 fully saturated rings. The van der Waals surface area contributed by atoms with Gasteiger partial charge in [0.25, 0.3) is 0 Å². The Balaban J connectivity index is 2.41. The van der Waals surface area contributed by atoms with E-state index >= 15 is 0 Å². The lowest BCUT2D eigenvalue weighted by molar-refractivity contribution is -0.124. The van der Waals surface area contributed by atoms with Crippen LogP contribution in [0.2, 0.25) is 0 Å². The van der Waals surface area contributed by atoms with Crippen molar-refractivity contribution in [3.05, 3.63) is 0 Å². The van der Waals surface area contributed by atoms with Crippen molar-refractivity contribution in [2.24, 2.45) is 11.8 Å². The first kappa shape index (κ1) is 14.0. The number of nitrogens with zero attached hydrogens (tertiary/aromatic N) is 1. The molecule has 0 heterocycles. The van der Waals surface area contributed by atoms with Gasteiger partial charge in [0.2, 0.25) is 5.91 Å². The average Bonchev–Trinajstić information content (AvgIpc) is 2.36. The Hall–Kier alpha value is -1.04. The summed E-state index contributed by atoms with van der Waals surface area (Å²) < 4.78 is 0. The summed E-state index contributed by atoms with van der Waals surface area (Å²) in [6, 6.07) is 2.32. The molecule has 3 heteroatoms. The Labute approximate surface area is 105 Å². The topological polar surface area (TPSA) is 52.9 Å². The molecule has 1 N–H and O–H groups in total. The Morgan fingerprint density at radius 3 is 2.59 bits per heavy atom. The maximum absolute atomic E-state index is 11.9. The third-order valence-corrected chi connectivity index (χ3v) is 3.78. The smallest absolute Gasteiger partial charge is 0.237 e. The molecule has 2 atom stereocenters. The molecule has 0 aromatic heterocycles. The fourth-order valence-corrected chi connectivity index (χ4v) is 2.62. The van der Waals surface area contributed by atoms with Crippen LogP contribution in [0.25, 0.3) is 0 Å². The summed E-state index contributed by atoms with van der Waals surface area (Å²) in [6.07, 6.45) is 7.86. The van der Waals surface area contributed by atoms with E-state index in [1.807, 2.05) is 6.92 Å². The van der Waals surface area contributed by atoms with Crippen molar-refractivity contribution in [1.29, 1.82) is 5.26 Å². The molecule has 1 rings (SSSR count). The standard InChI is InChI=1S/C14H24N2O/c1-3-7-13(10-15)14(17)16-11(2)12-8-5-4-6-9-12/h11-13H,3-9H2,1-2H3,(H,16,17). The molecule has 2 unspecified atom stereocenters. The number of hydrogen-bond donors (Lipinski definition) is 1. The molecule has 1 aliphatic rings. The summed E-state index contributed by atoms with van der Waals surface area (Å²) >= 11 is 0. The highest BCUT2D eigenvalue weighted by atomic mass is 16.1. The lowest BCUT2D eigenvalue weighted by atomic mass is 9.84. The Bertz CT molecular complexity index is 276. The van der Waals surface area contributed by atoms with Gasteiger partial charge in [-0.25, -0.2) is 0 Å². The van der Waals surface area contributed by atoms with Crippen LogP contribution in [-0.4, -0.2) is 11.9 Å². The van der Waals surface area contributed by atoms with E-state index in [1.165, 1.54) is 32.1 Å². The van der Waals surface area contributed by atoms with Crippen molar-refractivity contribution >= 4 is 5.91 Å². The van der Waals surface area contributed by atoms with Gasteiger partial charge in [0.1, 0.15) is 5.92 Å². The number of hydrogen-bond acceptors (Lipinski definition) is 2. The van der Waals surface area contributed by atoms with E-state index in [-0.39, 0.29) is 11.9 Å². The van der Waals surface area contributed by atoms with Crippen molar-refractivity contribution in [2.45, 2.75) is 64.8 Å². The lowest BCUT2D eigenvalue weighted by Gasteiger charge is -2.28. The van der Waals surface area contributed by atoms with Gasteiger partial charge in [-0.15, -0.1) is 0 Å². The van der Waals surface area contributed by atoms with Crippen LogP contribution in [0.5, 0.6) is 0 Å². The second-order valence-corrected chi connectivity index (χ2v) is 5.17. The number of nitriles is 1. The molecule has 1 saturated carbocycles. The number of carbonyl (C=O) groups excluding carboxylic acids is 1. The largest absolute Gasteiger partial charge is 0.352 e. The van der Waals surface area contributed by atoms with Crippen molar-refractivity contribution in [2.75, 3.05) is 0 Å².